The monoisotopic (exact) mass is 243 g/mol. The van der Waals surface area contributed by atoms with Gasteiger partial charge in [-0.05, 0) is 31.7 Å². The van der Waals surface area contributed by atoms with E-state index in [9.17, 15) is 9.90 Å². The number of nitrogens with one attached hydrogen (secondary N) is 1. The fourth-order valence-electron chi connectivity index (χ4n) is 2.46. The first-order chi connectivity index (χ1) is 8.05. The maximum absolute atomic E-state index is 11.7. The van der Waals surface area contributed by atoms with Crippen molar-refractivity contribution >= 4 is 5.97 Å². The average Bonchev–Trinajstić information content (AvgIpc) is 2.28. The second-order valence-electron chi connectivity index (χ2n) is 5.00. The van der Waals surface area contributed by atoms with Crippen LogP contribution in [0.3, 0.4) is 0 Å². The van der Waals surface area contributed by atoms with Gasteiger partial charge in [-0.25, -0.2) is 0 Å². The van der Waals surface area contributed by atoms with Crippen LogP contribution >= 0.6 is 0 Å². The van der Waals surface area contributed by atoms with Gasteiger partial charge in [-0.2, -0.15) is 0 Å². The third kappa shape index (κ3) is 4.66. The molecule has 102 valence electrons. The van der Waals surface area contributed by atoms with Crippen LogP contribution in [-0.2, 0) is 4.79 Å². The number of carbonyl (C=O) groups is 1. The zero-order chi connectivity index (χ0) is 13.3. The minimum Gasteiger partial charge on any atom is -0.480 e. The SMILES string of the molecule is CCCCNC(CCC)(C(=O)O)C(C)CCC. The highest BCUT2D eigenvalue weighted by Gasteiger charge is 2.41. The summed E-state index contributed by atoms with van der Waals surface area (Å²) in [7, 11) is 0. The number of hydrogen-bond donors (Lipinski definition) is 2. The quantitative estimate of drug-likeness (QED) is 0.578. The predicted molar refractivity (Wildman–Crippen MR) is 72.3 cm³/mol. The molecular formula is C14H29NO2. The molecule has 0 amide bonds. The van der Waals surface area contributed by atoms with Gasteiger partial charge in [0.1, 0.15) is 5.54 Å². The van der Waals surface area contributed by atoms with Gasteiger partial charge < -0.3 is 10.4 Å². The van der Waals surface area contributed by atoms with Gasteiger partial charge in [-0.1, -0.05) is 47.0 Å². The summed E-state index contributed by atoms with van der Waals surface area (Å²) in [5, 5.41) is 12.9. The van der Waals surface area contributed by atoms with Gasteiger partial charge in [0.15, 0.2) is 0 Å². The minimum atomic E-state index is -0.722. The summed E-state index contributed by atoms with van der Waals surface area (Å²) < 4.78 is 0. The molecule has 2 unspecified atom stereocenters. The van der Waals surface area contributed by atoms with Crippen LogP contribution in [0.1, 0.15) is 66.2 Å². The number of hydrogen-bond acceptors (Lipinski definition) is 2. The van der Waals surface area contributed by atoms with Crippen LogP contribution in [0.15, 0.2) is 0 Å². The first kappa shape index (κ1) is 16.4. The van der Waals surface area contributed by atoms with Gasteiger partial charge in [0, 0.05) is 0 Å². The van der Waals surface area contributed by atoms with Crippen LogP contribution in [0, 0.1) is 5.92 Å². The highest BCUT2D eigenvalue weighted by Crippen LogP contribution is 2.27. The molecule has 0 bridgehead atoms. The van der Waals surface area contributed by atoms with Crippen molar-refractivity contribution in [2.75, 3.05) is 6.54 Å². The molecule has 0 aromatic rings. The largest absolute Gasteiger partial charge is 0.480 e. The van der Waals surface area contributed by atoms with Crippen molar-refractivity contribution in [2.45, 2.75) is 71.8 Å². The molecule has 0 radical (unpaired) electrons. The molecule has 0 fully saturated rings. The summed E-state index contributed by atoms with van der Waals surface area (Å²) >= 11 is 0. The third-order valence-electron chi connectivity index (χ3n) is 3.56. The number of carboxylic acids is 1. The molecule has 0 aliphatic carbocycles. The predicted octanol–water partition coefficient (Wildman–Crippen LogP) is 3.44. The van der Waals surface area contributed by atoms with E-state index in [1.165, 1.54) is 0 Å². The summed E-state index contributed by atoms with van der Waals surface area (Å²) in [6.45, 7) is 9.15. The fourth-order valence-corrected chi connectivity index (χ4v) is 2.46. The Morgan fingerprint density at radius 3 is 2.29 bits per heavy atom. The van der Waals surface area contributed by atoms with Crippen LogP contribution in [0.25, 0.3) is 0 Å². The van der Waals surface area contributed by atoms with Crippen LogP contribution in [0.2, 0.25) is 0 Å². The molecule has 0 saturated heterocycles. The van der Waals surface area contributed by atoms with Gasteiger partial charge in [0.25, 0.3) is 0 Å². The van der Waals surface area contributed by atoms with Crippen molar-refractivity contribution in [1.29, 1.82) is 0 Å². The van der Waals surface area contributed by atoms with Gasteiger partial charge in [0.2, 0.25) is 0 Å². The van der Waals surface area contributed by atoms with Crippen molar-refractivity contribution < 1.29 is 9.90 Å². The van der Waals surface area contributed by atoms with E-state index in [0.717, 1.165) is 38.6 Å². The van der Waals surface area contributed by atoms with Gasteiger partial charge in [-0.3, -0.25) is 4.79 Å². The maximum atomic E-state index is 11.7. The third-order valence-corrected chi connectivity index (χ3v) is 3.56. The van der Waals surface area contributed by atoms with E-state index < -0.39 is 11.5 Å². The maximum Gasteiger partial charge on any atom is 0.324 e. The van der Waals surface area contributed by atoms with Gasteiger partial charge in [-0.15, -0.1) is 0 Å². The summed E-state index contributed by atoms with van der Waals surface area (Å²) in [4.78, 5) is 11.7. The molecule has 3 nitrogen and oxygen atoms in total. The molecule has 0 saturated carbocycles. The molecule has 0 rings (SSSR count). The summed E-state index contributed by atoms with van der Waals surface area (Å²) in [5.74, 6) is -0.502. The standard InChI is InChI=1S/C14H29NO2/c1-5-8-11-15-14(10-7-3,13(16)17)12(4)9-6-2/h12,15H,5-11H2,1-4H3,(H,16,17). The van der Waals surface area contributed by atoms with Gasteiger partial charge >= 0.3 is 5.97 Å². The van der Waals surface area contributed by atoms with E-state index in [-0.39, 0.29) is 5.92 Å². The Labute approximate surface area is 106 Å². The highest BCUT2D eigenvalue weighted by molar-refractivity contribution is 5.79. The first-order valence-electron chi connectivity index (χ1n) is 7.03. The Hall–Kier alpha value is -0.570. The Morgan fingerprint density at radius 2 is 1.88 bits per heavy atom. The summed E-state index contributed by atoms with van der Waals surface area (Å²) in [6, 6.07) is 0. The molecule has 0 heterocycles. The number of carboxylic acid groups (broad SMARTS) is 1. The topological polar surface area (TPSA) is 49.3 Å². The number of rotatable bonds is 10. The lowest BCUT2D eigenvalue weighted by atomic mass is 9.78. The summed E-state index contributed by atoms with van der Waals surface area (Å²) in [6.07, 6.45) is 5.75. The van der Waals surface area contributed by atoms with E-state index in [1.54, 1.807) is 0 Å². The fraction of sp³-hybridized carbons (Fsp3) is 0.929. The van der Waals surface area contributed by atoms with E-state index in [0.29, 0.717) is 6.42 Å². The molecule has 0 aliphatic heterocycles. The van der Waals surface area contributed by atoms with Crippen molar-refractivity contribution in [1.82, 2.24) is 5.32 Å². The average molecular weight is 243 g/mol. The second-order valence-corrected chi connectivity index (χ2v) is 5.00. The van der Waals surface area contributed by atoms with Crippen molar-refractivity contribution in [3.8, 4) is 0 Å². The molecule has 0 aromatic carbocycles. The number of aliphatic carboxylic acids is 1. The molecule has 2 N–H and O–H groups in total. The van der Waals surface area contributed by atoms with Crippen LogP contribution in [0.4, 0.5) is 0 Å². The normalized spacial score (nSPS) is 16.5. The summed E-state index contributed by atoms with van der Waals surface area (Å²) in [5.41, 5.74) is -0.722. The second kappa shape index (κ2) is 8.51. The minimum absolute atomic E-state index is 0.182. The van der Waals surface area contributed by atoms with Gasteiger partial charge in [0.05, 0.1) is 0 Å². The van der Waals surface area contributed by atoms with E-state index in [2.05, 4.69) is 33.0 Å². The van der Waals surface area contributed by atoms with E-state index in [4.69, 9.17) is 0 Å². The lowest BCUT2D eigenvalue weighted by molar-refractivity contribution is -0.148. The molecular weight excluding hydrogens is 214 g/mol. The first-order valence-corrected chi connectivity index (χ1v) is 7.03. The zero-order valence-electron chi connectivity index (χ0n) is 11.9. The van der Waals surface area contributed by atoms with Crippen molar-refractivity contribution in [2.24, 2.45) is 5.92 Å². The molecule has 0 aromatic heterocycles. The van der Waals surface area contributed by atoms with E-state index in [1.807, 2.05) is 0 Å². The Morgan fingerprint density at radius 1 is 1.24 bits per heavy atom. The molecule has 17 heavy (non-hydrogen) atoms. The van der Waals surface area contributed by atoms with Crippen LogP contribution in [0.5, 0.6) is 0 Å². The van der Waals surface area contributed by atoms with Crippen LogP contribution in [-0.4, -0.2) is 23.2 Å². The Balaban J connectivity index is 4.77. The Bertz CT molecular complexity index is 218. The molecule has 0 spiro atoms. The smallest absolute Gasteiger partial charge is 0.324 e. The highest BCUT2D eigenvalue weighted by atomic mass is 16.4. The van der Waals surface area contributed by atoms with Crippen LogP contribution < -0.4 is 5.32 Å². The van der Waals surface area contributed by atoms with Crippen molar-refractivity contribution in [3.63, 3.8) is 0 Å². The van der Waals surface area contributed by atoms with E-state index >= 15 is 0 Å². The lowest BCUT2D eigenvalue weighted by Crippen LogP contribution is -2.57. The molecule has 0 aliphatic rings. The Kier molecular flexibility index (Phi) is 8.23. The molecule has 2 atom stereocenters. The molecule has 3 heteroatoms. The van der Waals surface area contributed by atoms with Crippen molar-refractivity contribution in [3.05, 3.63) is 0 Å². The number of unbranched alkanes of at least 4 members (excludes halogenated alkanes) is 1. The zero-order valence-corrected chi connectivity index (χ0v) is 11.9. The lowest BCUT2D eigenvalue weighted by Gasteiger charge is -2.36.